The average Bonchev–Trinajstić information content (AvgIpc) is 2.85. The van der Waals surface area contributed by atoms with Gasteiger partial charge in [-0.25, -0.2) is 23.1 Å². The largest absolute Gasteiger partial charge is 0.457 e. The van der Waals surface area contributed by atoms with Crippen LogP contribution in [0.25, 0.3) is 0 Å². The van der Waals surface area contributed by atoms with Crippen molar-refractivity contribution in [2.24, 2.45) is 0 Å². The van der Waals surface area contributed by atoms with Gasteiger partial charge < -0.3 is 14.2 Å². The number of hydrogen-bond acceptors (Lipinski definition) is 8. The summed E-state index contributed by atoms with van der Waals surface area (Å²) in [5.41, 5.74) is 1.39. The molecule has 2 rings (SSSR count). The molecular formula is C22H26FN3O8S. The molecule has 2 N–H and O–H groups in total. The van der Waals surface area contributed by atoms with E-state index >= 15 is 0 Å². The van der Waals surface area contributed by atoms with Crippen LogP contribution in [0, 0.1) is 5.82 Å². The predicted octanol–water partition coefficient (Wildman–Crippen LogP) is 2.34. The van der Waals surface area contributed by atoms with Crippen LogP contribution in [0.4, 0.5) is 9.18 Å². The second-order valence-corrected chi connectivity index (χ2v) is 8.82. The smallest absolute Gasteiger partial charge is 0.413 e. The van der Waals surface area contributed by atoms with Crippen molar-refractivity contribution < 1.29 is 41.8 Å². The van der Waals surface area contributed by atoms with Crippen LogP contribution in [0.15, 0.2) is 66.2 Å². The summed E-state index contributed by atoms with van der Waals surface area (Å²) in [6.07, 6.45) is 0.386. The van der Waals surface area contributed by atoms with Crippen molar-refractivity contribution in [1.82, 2.24) is 14.7 Å². The molecule has 0 aliphatic heterocycles. The van der Waals surface area contributed by atoms with E-state index < -0.39 is 34.4 Å². The monoisotopic (exact) mass is 511 g/mol. The Morgan fingerprint density at radius 1 is 1.06 bits per heavy atom. The molecule has 0 spiro atoms. The number of sulfonamides is 1. The van der Waals surface area contributed by atoms with E-state index in [9.17, 15) is 22.4 Å². The zero-order valence-corrected chi connectivity index (χ0v) is 19.7. The first-order valence-electron chi connectivity index (χ1n) is 10.2. The number of hydrogen-bond donors (Lipinski definition) is 2. The van der Waals surface area contributed by atoms with Crippen molar-refractivity contribution in [2.45, 2.75) is 4.90 Å². The van der Waals surface area contributed by atoms with Crippen LogP contribution in [-0.2, 0) is 24.3 Å². The van der Waals surface area contributed by atoms with Gasteiger partial charge in [0.05, 0.1) is 18.0 Å². The third kappa shape index (κ3) is 8.33. The Hall–Kier alpha value is -3.52. The Morgan fingerprint density at radius 2 is 1.66 bits per heavy atom. The number of nitrogens with one attached hydrogen (secondary N) is 1. The maximum atomic E-state index is 13.2. The van der Waals surface area contributed by atoms with E-state index in [-0.39, 0.29) is 31.2 Å². The lowest BCUT2D eigenvalue weighted by molar-refractivity contribution is -0.129. The summed E-state index contributed by atoms with van der Waals surface area (Å²) in [6, 6.07) is 10.6. The number of carbonyl (C=O) groups excluding carboxylic acids is 2. The molecule has 0 aliphatic carbocycles. The third-order valence-electron chi connectivity index (χ3n) is 4.51. The molecule has 0 atom stereocenters. The lowest BCUT2D eigenvalue weighted by Gasteiger charge is -2.24. The Labute approximate surface area is 202 Å². The fourth-order valence-corrected chi connectivity index (χ4v) is 4.11. The van der Waals surface area contributed by atoms with Gasteiger partial charge in [0.1, 0.15) is 23.9 Å². The lowest BCUT2D eigenvalue weighted by Crippen LogP contribution is -2.44. The minimum atomic E-state index is -4.23. The van der Waals surface area contributed by atoms with Gasteiger partial charge in [-0.1, -0.05) is 6.58 Å². The van der Waals surface area contributed by atoms with E-state index in [2.05, 4.69) is 6.58 Å². The van der Waals surface area contributed by atoms with Gasteiger partial charge in [0, 0.05) is 26.4 Å². The third-order valence-corrected chi connectivity index (χ3v) is 6.37. The standard InChI is InChI=1S/C22H26FN3O8S/c1-3-25(22(28)33-15-14-32-2)12-13-26(16-21(27)24-29)35(30,31)20-10-8-19(9-11-20)34-18-6-4-17(23)5-7-18/h3-11,29H,1,12-16H2,2H3,(H,24,27). The Kier molecular flexibility index (Phi) is 10.6. The van der Waals surface area contributed by atoms with Crippen LogP contribution in [0.1, 0.15) is 0 Å². The van der Waals surface area contributed by atoms with Gasteiger partial charge in [-0.05, 0) is 48.5 Å². The van der Waals surface area contributed by atoms with E-state index in [0.717, 1.165) is 15.4 Å². The highest BCUT2D eigenvalue weighted by Gasteiger charge is 2.28. The van der Waals surface area contributed by atoms with Crippen molar-refractivity contribution in [3.8, 4) is 11.5 Å². The number of rotatable bonds is 13. The molecule has 35 heavy (non-hydrogen) atoms. The predicted molar refractivity (Wildman–Crippen MR) is 122 cm³/mol. The molecule has 0 aromatic heterocycles. The quantitative estimate of drug-likeness (QED) is 0.238. The maximum Gasteiger partial charge on any atom is 0.413 e. The van der Waals surface area contributed by atoms with Gasteiger partial charge in [-0.2, -0.15) is 4.31 Å². The van der Waals surface area contributed by atoms with Gasteiger partial charge in [-0.3, -0.25) is 14.9 Å². The molecule has 190 valence electrons. The zero-order valence-electron chi connectivity index (χ0n) is 18.9. The van der Waals surface area contributed by atoms with E-state index in [1.54, 1.807) is 0 Å². The van der Waals surface area contributed by atoms with Gasteiger partial charge in [0.2, 0.25) is 10.0 Å². The van der Waals surface area contributed by atoms with E-state index in [4.69, 9.17) is 19.4 Å². The summed E-state index contributed by atoms with van der Waals surface area (Å²) in [6.45, 7) is 2.46. The van der Waals surface area contributed by atoms with Crippen molar-refractivity contribution in [3.05, 3.63) is 67.1 Å². The number of ether oxygens (including phenoxy) is 3. The summed E-state index contributed by atoms with van der Waals surface area (Å²) in [7, 11) is -2.79. The average molecular weight is 512 g/mol. The normalized spacial score (nSPS) is 11.1. The Morgan fingerprint density at radius 3 is 2.20 bits per heavy atom. The Bertz CT molecular complexity index is 1090. The van der Waals surface area contributed by atoms with E-state index in [1.807, 2.05) is 0 Å². The number of benzene rings is 2. The van der Waals surface area contributed by atoms with Crippen LogP contribution >= 0.6 is 0 Å². The summed E-state index contributed by atoms with van der Waals surface area (Å²) >= 11 is 0. The van der Waals surface area contributed by atoms with Crippen LogP contribution < -0.4 is 10.2 Å². The SMILES string of the molecule is C=CN(CCN(CC(=O)NO)S(=O)(=O)c1ccc(Oc2ccc(F)cc2)cc1)C(=O)OCCOC. The first-order valence-corrected chi connectivity index (χ1v) is 11.7. The molecule has 2 aromatic rings. The molecule has 0 aliphatic rings. The number of carbonyl (C=O) groups is 2. The second kappa shape index (κ2) is 13.4. The fraction of sp³-hybridized carbons (Fsp3) is 0.273. The summed E-state index contributed by atoms with van der Waals surface area (Å²) in [4.78, 5) is 24.7. The lowest BCUT2D eigenvalue weighted by atomic mass is 10.3. The maximum absolute atomic E-state index is 13.2. The molecule has 0 radical (unpaired) electrons. The van der Waals surface area contributed by atoms with Crippen LogP contribution in [0.2, 0.25) is 0 Å². The highest BCUT2D eigenvalue weighted by atomic mass is 32.2. The number of hydroxylamine groups is 1. The summed E-state index contributed by atoms with van der Waals surface area (Å²) < 4.78 is 55.5. The van der Waals surface area contributed by atoms with Gasteiger partial charge in [0.25, 0.3) is 5.91 Å². The molecule has 2 amide bonds. The first-order chi connectivity index (χ1) is 16.7. The molecule has 0 unspecified atom stereocenters. The van der Waals surface area contributed by atoms with Crippen LogP contribution in [0.5, 0.6) is 11.5 Å². The zero-order chi connectivity index (χ0) is 25.8. The van der Waals surface area contributed by atoms with Gasteiger partial charge >= 0.3 is 6.09 Å². The van der Waals surface area contributed by atoms with Gasteiger partial charge in [0.15, 0.2) is 0 Å². The Balaban J connectivity index is 2.16. The number of nitrogens with zero attached hydrogens (tertiary/aromatic N) is 2. The van der Waals surface area contributed by atoms with Crippen molar-refractivity contribution >= 4 is 22.0 Å². The summed E-state index contributed by atoms with van der Waals surface area (Å²) in [5.74, 6) is -0.751. The van der Waals surface area contributed by atoms with Crippen molar-refractivity contribution in [3.63, 3.8) is 0 Å². The number of amides is 2. The molecule has 0 fully saturated rings. The van der Waals surface area contributed by atoms with Gasteiger partial charge in [-0.15, -0.1) is 0 Å². The molecule has 2 aromatic carbocycles. The van der Waals surface area contributed by atoms with Crippen LogP contribution in [0.3, 0.4) is 0 Å². The number of halogens is 1. The molecule has 11 nitrogen and oxygen atoms in total. The van der Waals surface area contributed by atoms with Crippen LogP contribution in [-0.4, -0.2) is 74.8 Å². The molecule has 13 heteroatoms. The first kappa shape index (κ1) is 27.7. The van der Waals surface area contributed by atoms with Crippen molar-refractivity contribution in [1.29, 1.82) is 0 Å². The minimum absolute atomic E-state index is 0.0130. The minimum Gasteiger partial charge on any atom is -0.457 e. The molecule has 0 bridgehead atoms. The molecular weight excluding hydrogens is 485 g/mol. The van der Waals surface area contributed by atoms with E-state index in [1.165, 1.54) is 61.1 Å². The highest BCUT2D eigenvalue weighted by Crippen LogP contribution is 2.24. The molecule has 0 saturated carbocycles. The summed E-state index contributed by atoms with van der Waals surface area (Å²) in [5, 5.41) is 8.87. The van der Waals surface area contributed by atoms with Crippen molar-refractivity contribution in [2.75, 3.05) is 40.0 Å². The van der Waals surface area contributed by atoms with E-state index in [0.29, 0.717) is 11.5 Å². The molecule has 0 heterocycles. The fourth-order valence-electron chi connectivity index (χ4n) is 2.72. The second-order valence-electron chi connectivity index (χ2n) is 6.88. The topological polar surface area (TPSA) is 135 Å². The molecule has 0 saturated heterocycles. The number of methoxy groups -OCH3 is 1. The highest BCUT2D eigenvalue weighted by molar-refractivity contribution is 7.89.